The number of hydrogen-bond acceptors (Lipinski definition) is 17. The number of aliphatic hydroxyl groups is 1. The first-order chi connectivity index (χ1) is 38.4. The van der Waals surface area contributed by atoms with Crippen LogP contribution in [0.3, 0.4) is 0 Å². The number of unbranched alkanes of at least 4 members (excludes halogenated alkanes) is 14. The summed E-state index contributed by atoms with van der Waals surface area (Å²) in [6, 6.07) is -3.31. The Balaban J connectivity index is 4.14. The third kappa shape index (κ3) is 45.3. The summed E-state index contributed by atoms with van der Waals surface area (Å²) in [6.07, 6.45) is 14.8. The quantitative estimate of drug-likeness (QED) is 0.0390. The lowest BCUT2D eigenvalue weighted by atomic mass is 9.94. The van der Waals surface area contributed by atoms with Gasteiger partial charge in [-0.05, 0) is 64.8 Å². The summed E-state index contributed by atoms with van der Waals surface area (Å²) in [5.74, 6) is -9.15. The third-order valence-electron chi connectivity index (χ3n) is 12.9. The van der Waals surface area contributed by atoms with Gasteiger partial charge in [-0.2, -0.15) is 0 Å². The van der Waals surface area contributed by atoms with Crippen LogP contribution in [0.4, 0.5) is 0 Å². The number of aliphatic carboxylic acids is 4. The molecule has 0 aliphatic heterocycles. The molecule has 25 heteroatoms. The SMILES string of the molecule is CN[C@@H](CCCCNC(=O)COCCOCCCC(=O)COCCOCCNC(=O)CC[C@H](CC(=O)CCC(NC(=O)CC[C@H](NC(=O)CCCCCCCCCCCCCCCCC(=O)O)C(=O)O)C(=O)O)C(=O)O)C(=O)CO. The standard InChI is InChI=1S/C55H95N5O20/c1-56-44(47(64)38-61)20-16-17-29-57-51(68)40-80-36-33-77-31-18-19-43(63)39-79-35-34-78-32-30-58-48(65)27-23-41(53(71)72)37-42(62)24-25-45(54(73)74)60-50(67)28-26-46(55(75)76)59-49(66)21-14-12-10-8-6-4-2-3-5-7-9-11-13-15-22-52(69)70/h41,44-46,56,61H,2-40H2,1H3,(H,57,68)(H,58,65)(H,59,66)(H,60,67)(H,69,70)(H,71,72)(H,73,74)(H,75,76)/t41-,44+,45?,46+/m1/s1. The predicted molar refractivity (Wildman–Crippen MR) is 291 cm³/mol. The van der Waals surface area contributed by atoms with Crippen molar-refractivity contribution < 1.29 is 97.2 Å². The van der Waals surface area contributed by atoms with Gasteiger partial charge >= 0.3 is 23.9 Å². The van der Waals surface area contributed by atoms with E-state index in [2.05, 4.69) is 26.6 Å². The molecule has 80 heavy (non-hydrogen) atoms. The zero-order chi connectivity index (χ0) is 59.6. The number of nitrogens with one attached hydrogen (secondary N) is 5. The first-order valence-corrected chi connectivity index (χ1v) is 28.6. The highest BCUT2D eigenvalue weighted by Crippen LogP contribution is 2.17. The van der Waals surface area contributed by atoms with E-state index in [1.54, 1.807) is 7.05 Å². The number of carbonyl (C=O) groups excluding carboxylic acids is 7. The number of hydrogen-bond donors (Lipinski definition) is 10. The molecule has 460 valence electrons. The van der Waals surface area contributed by atoms with Crippen molar-refractivity contribution in [3.63, 3.8) is 0 Å². The lowest BCUT2D eigenvalue weighted by Crippen LogP contribution is -2.44. The fourth-order valence-electron chi connectivity index (χ4n) is 8.22. The maximum Gasteiger partial charge on any atom is 0.326 e. The number of carboxylic acids is 4. The Labute approximate surface area is 470 Å². The normalized spacial score (nSPS) is 12.6. The largest absolute Gasteiger partial charge is 0.481 e. The van der Waals surface area contributed by atoms with Crippen LogP contribution in [0, 0.1) is 5.92 Å². The molecule has 0 aromatic heterocycles. The van der Waals surface area contributed by atoms with Crippen molar-refractivity contribution in [2.45, 2.75) is 198 Å². The summed E-state index contributed by atoms with van der Waals surface area (Å²) in [7, 11) is 1.65. The van der Waals surface area contributed by atoms with Crippen molar-refractivity contribution in [3.05, 3.63) is 0 Å². The number of carboxylic acid groups (broad SMARTS) is 4. The number of ketones is 3. The molecule has 0 bridgehead atoms. The van der Waals surface area contributed by atoms with E-state index >= 15 is 0 Å². The average molecular weight is 1150 g/mol. The summed E-state index contributed by atoms with van der Waals surface area (Å²) >= 11 is 0. The van der Waals surface area contributed by atoms with E-state index < -0.39 is 97.3 Å². The van der Waals surface area contributed by atoms with Crippen LogP contribution < -0.4 is 26.6 Å². The molecule has 4 amide bonds. The van der Waals surface area contributed by atoms with Crippen LogP contribution in [-0.4, -0.2) is 188 Å². The Kier molecular flexibility index (Phi) is 47.0. The summed E-state index contributed by atoms with van der Waals surface area (Å²) in [6.45, 7) is 0.914. The number of ether oxygens (including phenoxy) is 4. The topological polar surface area (TPSA) is 386 Å². The molecule has 0 aliphatic rings. The highest BCUT2D eigenvalue weighted by molar-refractivity contribution is 5.88. The molecular weight excluding hydrogens is 1050 g/mol. The Bertz CT molecular complexity index is 1800. The average Bonchev–Trinajstić information content (AvgIpc) is 3.41. The summed E-state index contributed by atoms with van der Waals surface area (Å²) < 4.78 is 21.4. The molecule has 25 nitrogen and oxygen atoms in total. The second kappa shape index (κ2) is 50.5. The van der Waals surface area contributed by atoms with Gasteiger partial charge in [-0.3, -0.25) is 43.2 Å². The number of rotatable bonds is 58. The zero-order valence-corrected chi connectivity index (χ0v) is 47.2. The minimum atomic E-state index is -1.53. The van der Waals surface area contributed by atoms with Gasteiger partial charge in [-0.15, -0.1) is 0 Å². The summed E-state index contributed by atoms with van der Waals surface area (Å²) in [5, 5.41) is 59.5. The molecule has 0 aromatic rings. The van der Waals surface area contributed by atoms with Crippen molar-refractivity contribution in [1.82, 2.24) is 26.6 Å². The van der Waals surface area contributed by atoms with E-state index in [-0.39, 0.29) is 115 Å². The highest BCUT2D eigenvalue weighted by Gasteiger charge is 2.27. The van der Waals surface area contributed by atoms with Gasteiger partial charge in [0.15, 0.2) is 11.6 Å². The van der Waals surface area contributed by atoms with Gasteiger partial charge in [-0.25, -0.2) is 9.59 Å². The van der Waals surface area contributed by atoms with Crippen molar-refractivity contribution in [1.29, 1.82) is 0 Å². The monoisotopic (exact) mass is 1150 g/mol. The molecule has 0 spiro atoms. The van der Waals surface area contributed by atoms with E-state index in [1.807, 2.05) is 0 Å². The minimum absolute atomic E-state index is 0.0997. The molecular formula is C55H95N5O20. The van der Waals surface area contributed by atoms with E-state index in [9.17, 15) is 68.1 Å². The molecule has 0 aromatic carbocycles. The van der Waals surface area contributed by atoms with Gasteiger partial charge in [0.05, 0.1) is 45.0 Å². The van der Waals surface area contributed by atoms with Gasteiger partial charge < -0.3 is 71.1 Å². The van der Waals surface area contributed by atoms with E-state index in [0.717, 1.165) is 64.2 Å². The van der Waals surface area contributed by atoms with E-state index in [0.29, 0.717) is 45.3 Å². The van der Waals surface area contributed by atoms with Gasteiger partial charge in [0.25, 0.3) is 0 Å². The molecule has 0 saturated carbocycles. The molecule has 0 heterocycles. The molecule has 4 atom stereocenters. The molecule has 0 rings (SSSR count). The van der Waals surface area contributed by atoms with Gasteiger partial charge in [0, 0.05) is 64.6 Å². The maximum atomic E-state index is 12.7. The smallest absolute Gasteiger partial charge is 0.326 e. The van der Waals surface area contributed by atoms with Crippen molar-refractivity contribution in [2.75, 3.05) is 79.6 Å². The van der Waals surface area contributed by atoms with Crippen LogP contribution in [0.2, 0.25) is 0 Å². The van der Waals surface area contributed by atoms with Crippen molar-refractivity contribution in [2.24, 2.45) is 5.92 Å². The zero-order valence-electron chi connectivity index (χ0n) is 47.2. The van der Waals surface area contributed by atoms with Gasteiger partial charge in [0.2, 0.25) is 23.6 Å². The van der Waals surface area contributed by atoms with E-state index in [1.165, 1.54) is 19.3 Å². The third-order valence-corrected chi connectivity index (χ3v) is 12.9. The number of Topliss-reactive ketones (excluding diaryl/α,β-unsaturated/α-hetero) is 3. The van der Waals surface area contributed by atoms with Crippen LogP contribution >= 0.6 is 0 Å². The first kappa shape index (κ1) is 74.5. The lowest BCUT2D eigenvalue weighted by molar-refractivity contribution is -0.145. The molecule has 0 aliphatic carbocycles. The van der Waals surface area contributed by atoms with E-state index in [4.69, 9.17) is 29.2 Å². The summed E-state index contributed by atoms with van der Waals surface area (Å²) in [5.41, 5.74) is 0. The van der Waals surface area contributed by atoms with Crippen LogP contribution in [0.15, 0.2) is 0 Å². The van der Waals surface area contributed by atoms with Crippen LogP contribution in [0.5, 0.6) is 0 Å². The lowest BCUT2D eigenvalue weighted by Gasteiger charge is -2.17. The second-order valence-electron chi connectivity index (χ2n) is 19.8. The Morgan fingerprint density at radius 2 is 0.875 bits per heavy atom. The molecule has 0 radical (unpaired) electrons. The van der Waals surface area contributed by atoms with Crippen molar-refractivity contribution in [3.8, 4) is 0 Å². The second-order valence-corrected chi connectivity index (χ2v) is 19.8. The van der Waals surface area contributed by atoms with Crippen LogP contribution in [0.1, 0.15) is 180 Å². The Morgan fingerprint density at radius 1 is 0.388 bits per heavy atom. The molecule has 0 saturated heterocycles. The number of likely N-dealkylation sites (N-methyl/N-ethyl adjacent to an activating group) is 1. The number of carbonyl (C=O) groups is 11. The first-order valence-electron chi connectivity index (χ1n) is 28.6. The highest BCUT2D eigenvalue weighted by atomic mass is 16.5. The summed E-state index contributed by atoms with van der Waals surface area (Å²) in [4.78, 5) is 132. The fraction of sp³-hybridized carbons (Fsp3) is 0.800. The fourth-order valence-corrected chi connectivity index (χ4v) is 8.22. The molecule has 10 N–H and O–H groups in total. The van der Waals surface area contributed by atoms with Crippen molar-refractivity contribution >= 4 is 64.9 Å². The van der Waals surface area contributed by atoms with Crippen LogP contribution in [0.25, 0.3) is 0 Å². The predicted octanol–water partition coefficient (Wildman–Crippen LogP) is 3.42. The maximum absolute atomic E-state index is 12.7. The molecule has 0 fully saturated rings. The minimum Gasteiger partial charge on any atom is -0.481 e. The molecule has 1 unspecified atom stereocenters. The van der Waals surface area contributed by atoms with Crippen LogP contribution in [-0.2, 0) is 71.7 Å². The Hall–Kier alpha value is -5.47. The number of aliphatic hydroxyl groups excluding tert-OH is 1. The van der Waals surface area contributed by atoms with Gasteiger partial charge in [-0.1, -0.05) is 77.0 Å². The Morgan fingerprint density at radius 3 is 1.41 bits per heavy atom. The van der Waals surface area contributed by atoms with Gasteiger partial charge in [0.1, 0.15) is 37.7 Å². The number of amides is 4.